The summed E-state index contributed by atoms with van der Waals surface area (Å²) in [5, 5.41) is 6.66. The zero-order valence-corrected chi connectivity index (χ0v) is 18.4. The van der Waals surface area contributed by atoms with E-state index in [2.05, 4.69) is 20.6 Å². The number of cyclic esters (lactones) is 1. The predicted molar refractivity (Wildman–Crippen MR) is 115 cm³/mol. The molecule has 4 unspecified atom stereocenters. The Morgan fingerprint density at radius 2 is 2.07 bits per heavy atom. The quantitative estimate of drug-likeness (QED) is 0.689. The Balaban J connectivity index is 1.46. The van der Waals surface area contributed by atoms with Gasteiger partial charge in [0.05, 0.1) is 12.0 Å². The SMILES string of the molecule is CC(C)[C@H]1COC(=O)N1c1ccnc(N[C@H](C)C2CC3CC(Cl)CCC3NC2=O)n1. The molecule has 8 nitrogen and oxygen atoms in total. The van der Waals surface area contributed by atoms with E-state index in [4.69, 9.17) is 16.3 Å². The maximum Gasteiger partial charge on any atom is 0.415 e. The van der Waals surface area contributed by atoms with Crippen LogP contribution in [0.5, 0.6) is 0 Å². The number of amides is 2. The molecule has 0 spiro atoms. The van der Waals surface area contributed by atoms with Crippen LogP contribution < -0.4 is 15.5 Å². The van der Waals surface area contributed by atoms with Gasteiger partial charge in [0, 0.05) is 23.7 Å². The van der Waals surface area contributed by atoms with Crippen LogP contribution in [0.25, 0.3) is 0 Å². The van der Waals surface area contributed by atoms with Crippen LogP contribution in [-0.2, 0) is 9.53 Å². The maximum absolute atomic E-state index is 12.7. The van der Waals surface area contributed by atoms with Gasteiger partial charge >= 0.3 is 6.09 Å². The minimum atomic E-state index is -0.392. The number of nitrogens with zero attached hydrogens (tertiary/aromatic N) is 3. The lowest BCUT2D eigenvalue weighted by molar-refractivity contribution is -0.130. The third-order valence-corrected chi connectivity index (χ3v) is 7.06. The van der Waals surface area contributed by atoms with Gasteiger partial charge in [0.2, 0.25) is 11.9 Å². The molecule has 6 atom stereocenters. The summed E-state index contributed by atoms with van der Waals surface area (Å²) in [6.07, 6.45) is 4.89. The number of nitrogens with one attached hydrogen (secondary N) is 2. The van der Waals surface area contributed by atoms with Gasteiger partial charge in [-0.05, 0) is 50.5 Å². The van der Waals surface area contributed by atoms with Crippen molar-refractivity contribution in [1.29, 1.82) is 0 Å². The summed E-state index contributed by atoms with van der Waals surface area (Å²) in [5.41, 5.74) is 0. The number of carbonyl (C=O) groups is 2. The van der Waals surface area contributed by atoms with Crippen LogP contribution >= 0.6 is 11.6 Å². The molecule has 1 aliphatic carbocycles. The lowest BCUT2D eigenvalue weighted by Crippen LogP contribution is -2.55. The molecular formula is C21H30ClN5O3. The molecule has 4 rings (SSSR count). The summed E-state index contributed by atoms with van der Waals surface area (Å²) in [5.74, 6) is 1.44. The molecule has 3 fully saturated rings. The molecule has 1 saturated carbocycles. The number of rotatable bonds is 5. The van der Waals surface area contributed by atoms with Crippen LogP contribution in [0.15, 0.2) is 12.3 Å². The van der Waals surface area contributed by atoms with E-state index in [9.17, 15) is 9.59 Å². The number of ether oxygens (including phenoxy) is 1. The van der Waals surface area contributed by atoms with Crippen molar-refractivity contribution in [3.63, 3.8) is 0 Å². The van der Waals surface area contributed by atoms with Crippen molar-refractivity contribution < 1.29 is 14.3 Å². The van der Waals surface area contributed by atoms with Crippen LogP contribution in [0.3, 0.4) is 0 Å². The number of anilines is 2. The van der Waals surface area contributed by atoms with Gasteiger partial charge in [0.25, 0.3) is 0 Å². The van der Waals surface area contributed by atoms with Gasteiger partial charge in [-0.1, -0.05) is 13.8 Å². The summed E-state index contributed by atoms with van der Waals surface area (Å²) in [7, 11) is 0. The Morgan fingerprint density at radius 3 is 2.83 bits per heavy atom. The van der Waals surface area contributed by atoms with Gasteiger partial charge in [0.1, 0.15) is 12.4 Å². The molecular weight excluding hydrogens is 406 g/mol. The zero-order valence-electron chi connectivity index (χ0n) is 17.7. The number of carbonyl (C=O) groups excluding carboxylic acids is 2. The van der Waals surface area contributed by atoms with Gasteiger partial charge < -0.3 is 15.4 Å². The summed E-state index contributed by atoms with van der Waals surface area (Å²) < 4.78 is 5.23. The average Bonchev–Trinajstić information content (AvgIpc) is 3.09. The summed E-state index contributed by atoms with van der Waals surface area (Å²) in [4.78, 5) is 35.4. The molecule has 164 valence electrons. The highest BCUT2D eigenvalue weighted by Crippen LogP contribution is 2.37. The van der Waals surface area contributed by atoms with Gasteiger partial charge in [-0.2, -0.15) is 4.98 Å². The number of alkyl halides is 1. The number of hydrogen-bond acceptors (Lipinski definition) is 6. The monoisotopic (exact) mass is 435 g/mol. The number of fused-ring (bicyclic) bond motifs is 1. The van der Waals surface area contributed by atoms with Crippen LogP contribution in [0, 0.1) is 17.8 Å². The van der Waals surface area contributed by atoms with E-state index in [0.717, 1.165) is 25.7 Å². The summed E-state index contributed by atoms with van der Waals surface area (Å²) in [6, 6.07) is 1.74. The van der Waals surface area contributed by atoms with Crippen molar-refractivity contribution in [3.05, 3.63) is 12.3 Å². The van der Waals surface area contributed by atoms with Crippen LogP contribution in [-0.4, -0.2) is 52.1 Å². The van der Waals surface area contributed by atoms with Crippen molar-refractivity contribution in [2.24, 2.45) is 17.8 Å². The first kappa shape index (κ1) is 21.2. The predicted octanol–water partition coefficient (Wildman–Crippen LogP) is 3.17. The van der Waals surface area contributed by atoms with Crippen molar-refractivity contribution in [1.82, 2.24) is 15.3 Å². The fraction of sp³-hybridized carbons (Fsp3) is 0.714. The lowest BCUT2D eigenvalue weighted by atomic mass is 9.74. The first-order valence-electron chi connectivity index (χ1n) is 10.8. The van der Waals surface area contributed by atoms with Crippen LogP contribution in [0.1, 0.15) is 46.5 Å². The largest absolute Gasteiger partial charge is 0.447 e. The Hall–Kier alpha value is -2.09. The number of piperidine rings is 1. The van der Waals surface area contributed by atoms with Crippen LogP contribution in [0.4, 0.5) is 16.6 Å². The number of aromatic nitrogens is 2. The molecule has 2 N–H and O–H groups in total. The molecule has 2 aliphatic heterocycles. The average molecular weight is 436 g/mol. The first-order chi connectivity index (χ1) is 14.3. The van der Waals surface area contributed by atoms with Gasteiger partial charge in [-0.25, -0.2) is 9.78 Å². The van der Waals surface area contributed by atoms with E-state index in [-0.39, 0.29) is 41.2 Å². The summed E-state index contributed by atoms with van der Waals surface area (Å²) >= 11 is 6.36. The topological polar surface area (TPSA) is 96.5 Å². The van der Waals surface area contributed by atoms with Crippen molar-refractivity contribution in [3.8, 4) is 0 Å². The highest BCUT2D eigenvalue weighted by atomic mass is 35.5. The first-order valence-corrected chi connectivity index (χ1v) is 11.3. The Kier molecular flexibility index (Phi) is 6.04. The standard InChI is InChI=1S/C21H30ClN5O3/c1-11(2)17-10-30-21(29)27(17)18-6-7-23-20(26-18)24-12(3)15-9-13-8-14(22)4-5-16(13)25-19(15)28/h6-7,11-17H,4-5,8-10H2,1-3H3,(H,25,28)(H,23,24,26)/t12-,13?,14?,15?,16?,17-/m1/s1. The van der Waals surface area contributed by atoms with Gasteiger partial charge in [-0.15, -0.1) is 11.6 Å². The van der Waals surface area contributed by atoms with E-state index in [1.54, 1.807) is 17.2 Å². The fourth-order valence-corrected chi connectivity index (χ4v) is 5.21. The smallest absolute Gasteiger partial charge is 0.415 e. The molecule has 0 radical (unpaired) electrons. The zero-order chi connectivity index (χ0) is 21.4. The minimum absolute atomic E-state index is 0.0615. The second-order valence-corrected chi connectivity index (χ2v) is 9.67. The third kappa shape index (κ3) is 4.19. The Bertz CT molecular complexity index is 807. The summed E-state index contributed by atoms with van der Waals surface area (Å²) in [6.45, 7) is 6.43. The fourth-order valence-electron chi connectivity index (χ4n) is 4.86. The highest BCUT2D eigenvalue weighted by molar-refractivity contribution is 6.20. The molecule has 2 saturated heterocycles. The number of halogens is 1. The lowest BCUT2D eigenvalue weighted by Gasteiger charge is -2.42. The molecule has 0 aromatic carbocycles. The molecule has 2 amide bonds. The van der Waals surface area contributed by atoms with Gasteiger partial charge in [0.15, 0.2) is 0 Å². The molecule has 30 heavy (non-hydrogen) atoms. The van der Waals surface area contributed by atoms with E-state index >= 15 is 0 Å². The highest BCUT2D eigenvalue weighted by Gasteiger charge is 2.41. The van der Waals surface area contributed by atoms with E-state index in [0.29, 0.717) is 24.3 Å². The van der Waals surface area contributed by atoms with Crippen molar-refractivity contribution in [2.45, 2.75) is 70.0 Å². The Labute approximate surface area is 182 Å². The Morgan fingerprint density at radius 1 is 1.27 bits per heavy atom. The minimum Gasteiger partial charge on any atom is -0.447 e. The van der Waals surface area contributed by atoms with Crippen molar-refractivity contribution in [2.75, 3.05) is 16.8 Å². The van der Waals surface area contributed by atoms with Gasteiger partial charge in [-0.3, -0.25) is 9.69 Å². The molecule has 3 aliphatic rings. The van der Waals surface area contributed by atoms with Crippen LogP contribution in [0.2, 0.25) is 0 Å². The number of hydrogen-bond donors (Lipinski definition) is 2. The van der Waals surface area contributed by atoms with E-state index < -0.39 is 6.09 Å². The second kappa shape index (κ2) is 8.57. The molecule has 1 aromatic rings. The molecule has 9 heteroatoms. The molecule has 0 bridgehead atoms. The second-order valence-electron chi connectivity index (χ2n) is 9.06. The normalized spacial score (nSPS) is 32.4. The van der Waals surface area contributed by atoms with E-state index in [1.165, 1.54) is 0 Å². The molecule has 3 heterocycles. The third-order valence-electron chi connectivity index (χ3n) is 6.66. The van der Waals surface area contributed by atoms with E-state index in [1.807, 2.05) is 20.8 Å². The maximum atomic E-state index is 12.7. The van der Waals surface area contributed by atoms with Crippen molar-refractivity contribution >= 4 is 35.4 Å². The molecule has 1 aromatic heterocycles.